The smallest absolute Gasteiger partial charge is 0.319 e. The molecule has 0 rings (SSSR count). The number of carbonyl (C=O) groups excluding carboxylic acids is 1. The minimum atomic E-state index is -0.166. The molecule has 0 aromatic rings. The third kappa shape index (κ3) is 5.11. The molecule has 1 N–H and O–H groups in total. The molecule has 0 spiro atoms. The van der Waals surface area contributed by atoms with E-state index in [0.29, 0.717) is 6.54 Å². The van der Waals surface area contributed by atoms with Crippen LogP contribution < -0.4 is 5.32 Å². The highest BCUT2D eigenvalue weighted by Crippen LogP contribution is 1.89. The van der Waals surface area contributed by atoms with E-state index >= 15 is 0 Å². The highest BCUT2D eigenvalue weighted by molar-refractivity contribution is 5.75. The molecule has 3 nitrogen and oxygen atoms in total. The summed E-state index contributed by atoms with van der Waals surface area (Å²) >= 11 is 0. The molecule has 0 bridgehead atoms. The summed E-state index contributed by atoms with van der Waals surface area (Å²) in [5.41, 5.74) is 0. The Kier molecular flexibility index (Phi) is 6.07. The molecular weight excluding hydrogens is 176 g/mol. The van der Waals surface area contributed by atoms with Gasteiger partial charge in [0, 0.05) is 6.04 Å². The topological polar surface area (TPSA) is 32.3 Å². The maximum Gasteiger partial charge on any atom is 0.319 e. The summed E-state index contributed by atoms with van der Waals surface area (Å²) in [5.74, 6) is 7.96. The van der Waals surface area contributed by atoms with Gasteiger partial charge in [-0.25, -0.2) is 4.79 Å². The fraction of sp³-hybridized carbons (Fsp3) is 0.545. The van der Waals surface area contributed by atoms with E-state index in [1.54, 1.807) is 6.92 Å². The van der Waals surface area contributed by atoms with Crippen molar-refractivity contribution in [2.75, 3.05) is 13.1 Å². The summed E-state index contributed by atoms with van der Waals surface area (Å²) in [6.07, 6.45) is 5.15. The van der Waals surface area contributed by atoms with Crippen LogP contribution in [0.5, 0.6) is 0 Å². The van der Waals surface area contributed by atoms with Gasteiger partial charge < -0.3 is 10.2 Å². The molecule has 0 fully saturated rings. The predicted octanol–water partition coefficient (Wildman–Crippen LogP) is 1.06. The van der Waals surface area contributed by atoms with Gasteiger partial charge in [-0.2, -0.15) is 0 Å². The van der Waals surface area contributed by atoms with Crippen LogP contribution in [-0.4, -0.2) is 30.1 Å². The van der Waals surface area contributed by atoms with Crippen LogP contribution in [-0.2, 0) is 0 Å². The van der Waals surface area contributed by atoms with E-state index in [2.05, 4.69) is 23.1 Å². The Hall–Kier alpha value is -1.61. The standard InChI is InChI=1S/C11H16N2O/c1-5-7-9-13(8-6-2)11(14)12-10(3)4/h2,10H,8-9H2,1,3-4H3,(H,12,14). The quantitative estimate of drug-likeness (QED) is 0.666. The molecule has 0 aromatic carbocycles. The van der Waals surface area contributed by atoms with Gasteiger partial charge in [0.1, 0.15) is 0 Å². The second-order valence-corrected chi connectivity index (χ2v) is 3.09. The molecule has 0 saturated heterocycles. The van der Waals surface area contributed by atoms with Crippen molar-refractivity contribution in [3.63, 3.8) is 0 Å². The molecule has 0 aromatic heterocycles. The van der Waals surface area contributed by atoms with Crippen LogP contribution in [0.2, 0.25) is 0 Å². The Labute approximate surface area is 85.9 Å². The van der Waals surface area contributed by atoms with Gasteiger partial charge in [-0.15, -0.1) is 12.3 Å². The van der Waals surface area contributed by atoms with Gasteiger partial charge in [-0.3, -0.25) is 0 Å². The number of urea groups is 1. The maximum atomic E-state index is 11.5. The Balaban J connectivity index is 4.24. The minimum Gasteiger partial charge on any atom is -0.336 e. The van der Waals surface area contributed by atoms with E-state index in [9.17, 15) is 4.79 Å². The maximum absolute atomic E-state index is 11.5. The van der Waals surface area contributed by atoms with Crippen LogP contribution in [0.1, 0.15) is 20.8 Å². The van der Waals surface area contributed by atoms with Gasteiger partial charge in [-0.1, -0.05) is 11.8 Å². The summed E-state index contributed by atoms with van der Waals surface area (Å²) in [6.45, 7) is 6.19. The lowest BCUT2D eigenvalue weighted by atomic mass is 10.4. The third-order valence-corrected chi connectivity index (χ3v) is 1.43. The zero-order valence-electron chi connectivity index (χ0n) is 8.92. The van der Waals surface area contributed by atoms with Crippen molar-refractivity contribution in [2.24, 2.45) is 0 Å². The van der Waals surface area contributed by atoms with E-state index in [4.69, 9.17) is 6.42 Å². The monoisotopic (exact) mass is 192 g/mol. The first-order chi connectivity index (χ1) is 6.61. The molecule has 0 aliphatic carbocycles. The van der Waals surface area contributed by atoms with Gasteiger partial charge in [0.25, 0.3) is 0 Å². The van der Waals surface area contributed by atoms with Crippen molar-refractivity contribution in [1.82, 2.24) is 10.2 Å². The van der Waals surface area contributed by atoms with E-state index in [-0.39, 0.29) is 18.6 Å². The molecule has 3 heteroatoms. The number of terminal acetylenes is 1. The van der Waals surface area contributed by atoms with Crippen molar-refractivity contribution in [1.29, 1.82) is 0 Å². The van der Waals surface area contributed by atoms with Gasteiger partial charge in [0.05, 0.1) is 13.1 Å². The second-order valence-electron chi connectivity index (χ2n) is 3.09. The molecule has 0 aliphatic rings. The average molecular weight is 192 g/mol. The summed E-state index contributed by atoms with van der Waals surface area (Å²) in [4.78, 5) is 13.0. The molecule has 0 aliphatic heterocycles. The molecule has 0 heterocycles. The lowest BCUT2D eigenvalue weighted by molar-refractivity contribution is 0.207. The van der Waals surface area contributed by atoms with Crippen LogP contribution in [0, 0.1) is 24.2 Å². The van der Waals surface area contributed by atoms with Crippen molar-refractivity contribution < 1.29 is 4.79 Å². The number of rotatable bonds is 3. The molecule has 76 valence electrons. The normalized spacial score (nSPS) is 8.50. The zero-order chi connectivity index (χ0) is 11.0. The van der Waals surface area contributed by atoms with Crippen LogP contribution in [0.3, 0.4) is 0 Å². The SMILES string of the molecule is C#CCN(CC#CC)C(=O)NC(C)C. The van der Waals surface area contributed by atoms with Gasteiger partial charge in [-0.05, 0) is 20.8 Å². The lowest BCUT2D eigenvalue weighted by Gasteiger charge is -2.19. The third-order valence-electron chi connectivity index (χ3n) is 1.43. The van der Waals surface area contributed by atoms with Crippen LogP contribution in [0.25, 0.3) is 0 Å². The molecule has 0 atom stereocenters. The predicted molar refractivity (Wildman–Crippen MR) is 57.5 cm³/mol. The van der Waals surface area contributed by atoms with Crippen molar-refractivity contribution in [3.05, 3.63) is 0 Å². The fourth-order valence-electron chi connectivity index (χ4n) is 0.822. The molecule has 0 unspecified atom stereocenters. The van der Waals surface area contributed by atoms with E-state index < -0.39 is 0 Å². The minimum absolute atomic E-state index is 0.109. The molecule has 14 heavy (non-hydrogen) atoms. The van der Waals surface area contributed by atoms with Gasteiger partial charge in [0.2, 0.25) is 0 Å². The van der Waals surface area contributed by atoms with Crippen LogP contribution in [0.4, 0.5) is 4.79 Å². The summed E-state index contributed by atoms with van der Waals surface area (Å²) in [5, 5.41) is 2.76. The van der Waals surface area contributed by atoms with Crippen molar-refractivity contribution in [2.45, 2.75) is 26.8 Å². The number of nitrogens with one attached hydrogen (secondary N) is 1. The number of hydrogen-bond donors (Lipinski definition) is 1. The summed E-state index contributed by atoms with van der Waals surface area (Å²) < 4.78 is 0. The number of amides is 2. The van der Waals surface area contributed by atoms with E-state index in [1.165, 1.54) is 4.90 Å². The van der Waals surface area contributed by atoms with E-state index in [1.807, 2.05) is 13.8 Å². The molecule has 2 amide bonds. The number of carbonyl (C=O) groups is 1. The molecular formula is C11H16N2O. The first kappa shape index (κ1) is 12.4. The fourth-order valence-corrected chi connectivity index (χ4v) is 0.822. The summed E-state index contributed by atoms with van der Waals surface area (Å²) in [7, 11) is 0. The Bertz CT molecular complexity index is 278. The first-order valence-corrected chi connectivity index (χ1v) is 4.50. The van der Waals surface area contributed by atoms with E-state index in [0.717, 1.165) is 0 Å². The highest BCUT2D eigenvalue weighted by Gasteiger charge is 2.10. The van der Waals surface area contributed by atoms with Gasteiger partial charge >= 0.3 is 6.03 Å². The Morgan fingerprint density at radius 3 is 2.57 bits per heavy atom. The number of nitrogens with zero attached hydrogens (tertiary/aromatic N) is 1. The van der Waals surface area contributed by atoms with Crippen molar-refractivity contribution >= 4 is 6.03 Å². The van der Waals surface area contributed by atoms with Crippen LogP contribution in [0.15, 0.2) is 0 Å². The first-order valence-electron chi connectivity index (χ1n) is 4.50. The van der Waals surface area contributed by atoms with Crippen LogP contribution >= 0.6 is 0 Å². The Morgan fingerprint density at radius 1 is 1.50 bits per heavy atom. The van der Waals surface area contributed by atoms with Crippen molar-refractivity contribution in [3.8, 4) is 24.2 Å². The zero-order valence-corrected chi connectivity index (χ0v) is 8.92. The lowest BCUT2D eigenvalue weighted by Crippen LogP contribution is -2.43. The summed E-state index contributed by atoms with van der Waals surface area (Å²) in [6, 6.07) is -0.0574. The highest BCUT2D eigenvalue weighted by atomic mass is 16.2. The Morgan fingerprint density at radius 2 is 2.14 bits per heavy atom. The largest absolute Gasteiger partial charge is 0.336 e. The molecule has 0 saturated carbocycles. The second kappa shape index (κ2) is 6.86. The van der Waals surface area contributed by atoms with Gasteiger partial charge in [0.15, 0.2) is 0 Å². The average Bonchev–Trinajstić information content (AvgIpc) is 2.10. The number of hydrogen-bond acceptors (Lipinski definition) is 1. The molecule has 0 radical (unpaired) electrons.